The van der Waals surface area contributed by atoms with E-state index in [1.165, 1.54) is 0 Å². The van der Waals surface area contributed by atoms with Crippen LogP contribution in [0.3, 0.4) is 0 Å². The second-order valence-electron chi connectivity index (χ2n) is 4.87. The second kappa shape index (κ2) is 5.24. The second-order valence-corrected chi connectivity index (χ2v) is 4.87. The summed E-state index contributed by atoms with van der Waals surface area (Å²) < 4.78 is 3.41. The standard InChI is InChI=1S/C15H15N5O/c1-11-7-17-20(9-11)14-5-3-12(4-6-14)15(21)18-13-8-16-19(2)10-13/h3-10H,1-2H3,(H,18,21). The number of benzene rings is 1. The van der Waals surface area contributed by atoms with Gasteiger partial charge >= 0.3 is 0 Å². The number of amides is 1. The number of carbonyl (C=O) groups excluding carboxylic acids is 1. The largest absolute Gasteiger partial charge is 0.319 e. The Kier molecular flexibility index (Phi) is 3.27. The van der Waals surface area contributed by atoms with Gasteiger partial charge in [0.05, 0.1) is 23.8 Å². The normalized spacial score (nSPS) is 10.6. The van der Waals surface area contributed by atoms with Gasteiger partial charge in [0.1, 0.15) is 0 Å². The molecule has 0 aliphatic heterocycles. The van der Waals surface area contributed by atoms with Crippen molar-refractivity contribution < 1.29 is 4.79 Å². The zero-order valence-electron chi connectivity index (χ0n) is 11.8. The van der Waals surface area contributed by atoms with Gasteiger partial charge in [0.2, 0.25) is 0 Å². The lowest BCUT2D eigenvalue weighted by Crippen LogP contribution is -2.11. The molecule has 0 fully saturated rings. The third kappa shape index (κ3) is 2.84. The van der Waals surface area contributed by atoms with Crippen molar-refractivity contribution in [3.8, 4) is 5.69 Å². The zero-order chi connectivity index (χ0) is 14.8. The van der Waals surface area contributed by atoms with Crippen molar-refractivity contribution in [3.05, 3.63) is 60.2 Å². The van der Waals surface area contributed by atoms with Crippen molar-refractivity contribution in [3.63, 3.8) is 0 Å². The number of nitrogens with zero attached hydrogens (tertiary/aromatic N) is 4. The first-order valence-corrected chi connectivity index (χ1v) is 6.53. The van der Waals surface area contributed by atoms with Crippen LogP contribution < -0.4 is 5.32 Å². The van der Waals surface area contributed by atoms with Crippen molar-refractivity contribution in [1.82, 2.24) is 19.6 Å². The van der Waals surface area contributed by atoms with Gasteiger partial charge in [0, 0.05) is 25.0 Å². The average molecular weight is 281 g/mol. The van der Waals surface area contributed by atoms with E-state index in [1.807, 2.05) is 25.3 Å². The zero-order valence-corrected chi connectivity index (χ0v) is 11.8. The third-order valence-electron chi connectivity index (χ3n) is 3.07. The lowest BCUT2D eigenvalue weighted by molar-refractivity contribution is 0.102. The number of carbonyl (C=O) groups is 1. The highest BCUT2D eigenvalue weighted by atomic mass is 16.1. The van der Waals surface area contributed by atoms with Gasteiger partial charge in [-0.2, -0.15) is 10.2 Å². The minimum absolute atomic E-state index is 0.161. The first-order chi connectivity index (χ1) is 10.1. The fourth-order valence-corrected chi connectivity index (χ4v) is 2.01. The van der Waals surface area contributed by atoms with Gasteiger partial charge in [-0.05, 0) is 36.8 Å². The molecule has 3 aromatic rings. The molecule has 21 heavy (non-hydrogen) atoms. The van der Waals surface area contributed by atoms with Crippen LogP contribution in [0, 0.1) is 6.92 Å². The van der Waals surface area contributed by atoms with Gasteiger partial charge in [0.25, 0.3) is 5.91 Å². The van der Waals surface area contributed by atoms with Crippen molar-refractivity contribution in [1.29, 1.82) is 0 Å². The van der Waals surface area contributed by atoms with Gasteiger partial charge in [-0.1, -0.05) is 0 Å². The van der Waals surface area contributed by atoms with E-state index in [0.29, 0.717) is 11.3 Å². The Morgan fingerprint density at radius 2 is 1.86 bits per heavy atom. The highest BCUT2D eigenvalue weighted by Gasteiger charge is 2.07. The molecule has 6 heteroatoms. The first-order valence-electron chi connectivity index (χ1n) is 6.53. The minimum atomic E-state index is -0.161. The lowest BCUT2D eigenvalue weighted by Gasteiger charge is -2.04. The Bertz CT molecular complexity index is 769. The van der Waals surface area contributed by atoms with Crippen LogP contribution in [-0.4, -0.2) is 25.5 Å². The summed E-state index contributed by atoms with van der Waals surface area (Å²) >= 11 is 0. The molecule has 1 amide bonds. The molecule has 6 nitrogen and oxygen atoms in total. The van der Waals surface area contributed by atoms with Gasteiger partial charge in [-0.15, -0.1) is 0 Å². The van der Waals surface area contributed by atoms with Crippen LogP contribution in [0.4, 0.5) is 5.69 Å². The maximum absolute atomic E-state index is 12.1. The van der Waals surface area contributed by atoms with Crippen molar-refractivity contribution in [2.45, 2.75) is 6.92 Å². The summed E-state index contributed by atoms with van der Waals surface area (Å²) in [6.45, 7) is 1.99. The summed E-state index contributed by atoms with van der Waals surface area (Å²) in [7, 11) is 1.80. The van der Waals surface area contributed by atoms with E-state index >= 15 is 0 Å². The van der Waals surface area contributed by atoms with Gasteiger partial charge in [-0.25, -0.2) is 4.68 Å². The van der Waals surface area contributed by atoms with Crippen LogP contribution in [0.2, 0.25) is 0 Å². The highest BCUT2D eigenvalue weighted by molar-refractivity contribution is 6.04. The van der Waals surface area contributed by atoms with Crippen LogP contribution in [0.5, 0.6) is 0 Å². The molecule has 0 unspecified atom stereocenters. The van der Waals surface area contributed by atoms with E-state index in [4.69, 9.17) is 0 Å². The van der Waals surface area contributed by atoms with Gasteiger partial charge in [0.15, 0.2) is 0 Å². The number of nitrogens with one attached hydrogen (secondary N) is 1. The number of aromatic nitrogens is 4. The number of rotatable bonds is 3. The quantitative estimate of drug-likeness (QED) is 0.800. The summed E-state index contributed by atoms with van der Waals surface area (Å²) in [6, 6.07) is 7.28. The molecule has 2 heterocycles. The molecule has 0 aliphatic rings. The predicted molar refractivity (Wildman–Crippen MR) is 79.5 cm³/mol. The van der Waals surface area contributed by atoms with Crippen LogP contribution in [0.25, 0.3) is 5.69 Å². The number of hydrogen-bond acceptors (Lipinski definition) is 3. The third-order valence-corrected chi connectivity index (χ3v) is 3.07. The lowest BCUT2D eigenvalue weighted by atomic mass is 10.2. The molecule has 3 rings (SSSR count). The Labute approximate surface area is 122 Å². The van der Waals surface area contributed by atoms with Crippen molar-refractivity contribution >= 4 is 11.6 Å². The summed E-state index contributed by atoms with van der Waals surface area (Å²) in [5, 5.41) is 11.0. The SMILES string of the molecule is Cc1cnn(-c2ccc(C(=O)Nc3cnn(C)c3)cc2)c1. The maximum atomic E-state index is 12.1. The molecule has 0 radical (unpaired) electrons. The number of hydrogen-bond donors (Lipinski definition) is 1. The number of anilines is 1. The molecule has 0 saturated heterocycles. The van der Waals surface area contributed by atoms with Crippen molar-refractivity contribution in [2.24, 2.45) is 7.05 Å². The molecular weight excluding hydrogens is 266 g/mol. The first kappa shape index (κ1) is 13.1. The summed E-state index contributed by atoms with van der Waals surface area (Å²) in [6.07, 6.45) is 7.09. The fraction of sp³-hybridized carbons (Fsp3) is 0.133. The molecule has 0 saturated carbocycles. The fourth-order valence-electron chi connectivity index (χ4n) is 2.01. The van der Waals surface area contributed by atoms with Crippen molar-refractivity contribution in [2.75, 3.05) is 5.32 Å². The molecule has 0 bridgehead atoms. The molecule has 106 valence electrons. The van der Waals surface area contributed by atoms with E-state index in [1.54, 1.807) is 47.1 Å². The molecular formula is C15H15N5O. The van der Waals surface area contributed by atoms with Gasteiger partial charge in [-0.3, -0.25) is 9.48 Å². The molecule has 0 spiro atoms. The van der Waals surface area contributed by atoms with E-state index < -0.39 is 0 Å². The van der Waals surface area contributed by atoms with Gasteiger partial charge < -0.3 is 5.32 Å². The van der Waals surface area contributed by atoms with E-state index in [-0.39, 0.29) is 5.91 Å². The summed E-state index contributed by atoms with van der Waals surface area (Å²) in [5.74, 6) is -0.161. The summed E-state index contributed by atoms with van der Waals surface area (Å²) in [5.41, 5.74) is 3.27. The Balaban J connectivity index is 1.76. The number of aryl methyl sites for hydroxylation is 2. The average Bonchev–Trinajstić information content (AvgIpc) is 3.08. The van der Waals surface area contributed by atoms with E-state index in [0.717, 1.165) is 11.3 Å². The highest BCUT2D eigenvalue weighted by Crippen LogP contribution is 2.12. The smallest absolute Gasteiger partial charge is 0.255 e. The Morgan fingerprint density at radius 1 is 1.10 bits per heavy atom. The van der Waals surface area contributed by atoms with Crippen LogP contribution in [0.1, 0.15) is 15.9 Å². The minimum Gasteiger partial charge on any atom is -0.319 e. The molecule has 0 atom stereocenters. The molecule has 1 N–H and O–H groups in total. The Hall–Kier alpha value is -2.89. The Morgan fingerprint density at radius 3 is 2.43 bits per heavy atom. The maximum Gasteiger partial charge on any atom is 0.255 e. The summed E-state index contributed by atoms with van der Waals surface area (Å²) in [4.78, 5) is 12.1. The van der Waals surface area contributed by atoms with Crippen LogP contribution in [0.15, 0.2) is 49.1 Å². The van der Waals surface area contributed by atoms with E-state index in [9.17, 15) is 4.79 Å². The predicted octanol–water partition coefficient (Wildman–Crippen LogP) is 2.17. The van der Waals surface area contributed by atoms with E-state index in [2.05, 4.69) is 15.5 Å². The topological polar surface area (TPSA) is 64.7 Å². The molecule has 2 aromatic heterocycles. The van der Waals surface area contributed by atoms with Crippen LogP contribution >= 0.6 is 0 Å². The van der Waals surface area contributed by atoms with Crippen LogP contribution in [-0.2, 0) is 7.05 Å². The molecule has 1 aromatic carbocycles. The monoisotopic (exact) mass is 281 g/mol. The molecule has 0 aliphatic carbocycles.